The van der Waals surface area contributed by atoms with Gasteiger partial charge in [-0.15, -0.1) is 0 Å². The molecular weight excluding hydrogens is 208 g/mol. The molecule has 1 aromatic rings. The Morgan fingerprint density at radius 1 is 1.43 bits per heavy atom. The van der Waals surface area contributed by atoms with Crippen LogP contribution in [0.25, 0.3) is 0 Å². The lowest BCUT2D eigenvalue weighted by atomic mass is 10.0. The van der Waals surface area contributed by atoms with Crippen LogP contribution >= 0.6 is 11.6 Å². The van der Waals surface area contributed by atoms with Crippen LogP contribution in [0.5, 0.6) is 0 Å². The van der Waals surface area contributed by atoms with Crippen molar-refractivity contribution in [3.05, 3.63) is 34.3 Å². The van der Waals surface area contributed by atoms with E-state index < -0.39 is 12.0 Å². The van der Waals surface area contributed by atoms with Crippen LogP contribution in [0.1, 0.15) is 24.1 Å². The second kappa shape index (κ2) is 3.83. The Kier molecular flexibility index (Phi) is 3.12. The zero-order valence-corrected chi connectivity index (χ0v) is 8.78. The van der Waals surface area contributed by atoms with Gasteiger partial charge in [0.05, 0.1) is 6.04 Å². The van der Waals surface area contributed by atoms with E-state index in [0.29, 0.717) is 10.6 Å². The van der Waals surface area contributed by atoms with Gasteiger partial charge in [0.25, 0.3) is 5.92 Å². The van der Waals surface area contributed by atoms with Crippen LogP contribution in [0.4, 0.5) is 8.78 Å². The van der Waals surface area contributed by atoms with Crippen LogP contribution in [0.15, 0.2) is 18.2 Å². The van der Waals surface area contributed by atoms with Crippen molar-refractivity contribution in [1.82, 2.24) is 0 Å². The number of aryl methyl sites for hydroxylation is 1. The maximum Gasteiger partial charge on any atom is 0.264 e. The van der Waals surface area contributed by atoms with Crippen LogP contribution in [0, 0.1) is 6.92 Å². The molecule has 2 N–H and O–H groups in total. The Balaban J connectivity index is 3.03. The van der Waals surface area contributed by atoms with Crippen molar-refractivity contribution in [2.24, 2.45) is 5.73 Å². The monoisotopic (exact) mass is 219 g/mol. The molecule has 0 bridgehead atoms. The first kappa shape index (κ1) is 11.4. The van der Waals surface area contributed by atoms with Gasteiger partial charge in [-0.05, 0) is 24.1 Å². The predicted molar refractivity (Wildman–Crippen MR) is 53.7 cm³/mol. The Hall–Kier alpha value is -0.670. The number of halogens is 3. The van der Waals surface area contributed by atoms with Crippen molar-refractivity contribution in [2.75, 3.05) is 0 Å². The van der Waals surface area contributed by atoms with Crippen molar-refractivity contribution < 1.29 is 8.78 Å². The Labute approximate surface area is 86.9 Å². The van der Waals surface area contributed by atoms with Gasteiger partial charge >= 0.3 is 0 Å². The quantitative estimate of drug-likeness (QED) is 0.812. The summed E-state index contributed by atoms with van der Waals surface area (Å²) in [7, 11) is 0. The fourth-order valence-electron chi connectivity index (χ4n) is 1.10. The zero-order valence-electron chi connectivity index (χ0n) is 8.02. The van der Waals surface area contributed by atoms with E-state index in [4.69, 9.17) is 17.3 Å². The summed E-state index contributed by atoms with van der Waals surface area (Å²) in [6, 6.07) is 3.44. The minimum Gasteiger partial charge on any atom is -0.319 e. The summed E-state index contributed by atoms with van der Waals surface area (Å²) >= 11 is 5.81. The summed E-state index contributed by atoms with van der Waals surface area (Å²) in [5, 5.41) is 0.460. The van der Waals surface area contributed by atoms with Gasteiger partial charge in [0.15, 0.2) is 0 Å². The highest BCUT2D eigenvalue weighted by Gasteiger charge is 2.32. The van der Waals surface area contributed by atoms with Gasteiger partial charge in [-0.2, -0.15) is 0 Å². The first-order chi connectivity index (χ1) is 6.32. The van der Waals surface area contributed by atoms with Crippen molar-refractivity contribution >= 4 is 11.6 Å². The number of nitrogens with two attached hydrogens (primary N) is 1. The minimum atomic E-state index is -2.93. The SMILES string of the molecule is Cc1ccc(C(N)C(C)(F)F)cc1Cl. The largest absolute Gasteiger partial charge is 0.319 e. The van der Waals surface area contributed by atoms with Gasteiger partial charge in [0.1, 0.15) is 0 Å². The van der Waals surface area contributed by atoms with Gasteiger partial charge in [-0.25, -0.2) is 8.78 Å². The smallest absolute Gasteiger partial charge is 0.264 e. The molecule has 0 heterocycles. The molecule has 0 saturated heterocycles. The molecule has 0 aliphatic heterocycles. The lowest BCUT2D eigenvalue weighted by Gasteiger charge is -2.19. The van der Waals surface area contributed by atoms with Crippen molar-refractivity contribution in [3.63, 3.8) is 0 Å². The van der Waals surface area contributed by atoms with Crippen LogP contribution in [-0.2, 0) is 0 Å². The van der Waals surface area contributed by atoms with Crippen LogP contribution in [-0.4, -0.2) is 5.92 Å². The third-order valence-corrected chi connectivity index (χ3v) is 2.51. The highest BCUT2D eigenvalue weighted by atomic mass is 35.5. The average Bonchev–Trinajstić information content (AvgIpc) is 2.07. The van der Waals surface area contributed by atoms with Gasteiger partial charge in [0.2, 0.25) is 0 Å². The third kappa shape index (κ3) is 2.42. The van der Waals surface area contributed by atoms with Crippen LogP contribution < -0.4 is 5.73 Å². The van der Waals surface area contributed by atoms with Crippen molar-refractivity contribution in [3.8, 4) is 0 Å². The Bertz CT molecular complexity index is 333. The molecule has 14 heavy (non-hydrogen) atoms. The maximum absolute atomic E-state index is 12.9. The summed E-state index contributed by atoms with van der Waals surface area (Å²) in [6.07, 6.45) is 0. The summed E-state index contributed by atoms with van der Waals surface area (Å²) in [4.78, 5) is 0. The van der Waals surface area contributed by atoms with Crippen LogP contribution in [0.3, 0.4) is 0 Å². The average molecular weight is 220 g/mol. The molecule has 4 heteroatoms. The van der Waals surface area contributed by atoms with Crippen molar-refractivity contribution in [1.29, 1.82) is 0 Å². The molecule has 1 rings (SSSR count). The fraction of sp³-hybridized carbons (Fsp3) is 0.400. The first-order valence-corrected chi connectivity index (χ1v) is 4.59. The predicted octanol–water partition coefficient (Wildman–Crippen LogP) is 3.30. The molecule has 1 unspecified atom stereocenters. The summed E-state index contributed by atoms with van der Waals surface area (Å²) in [5.74, 6) is -2.93. The molecule has 1 atom stereocenters. The molecule has 0 amide bonds. The van der Waals surface area contributed by atoms with E-state index in [1.807, 2.05) is 6.92 Å². The van der Waals surface area contributed by atoms with E-state index in [0.717, 1.165) is 12.5 Å². The van der Waals surface area contributed by atoms with E-state index in [1.165, 1.54) is 6.07 Å². The highest BCUT2D eigenvalue weighted by Crippen LogP contribution is 2.30. The van der Waals surface area contributed by atoms with Crippen LogP contribution in [0.2, 0.25) is 5.02 Å². The molecule has 0 fully saturated rings. The molecular formula is C10H12ClF2N. The summed E-state index contributed by atoms with van der Waals surface area (Å²) in [5.41, 5.74) is 6.59. The molecule has 0 spiro atoms. The van der Waals surface area contributed by atoms with Gasteiger partial charge in [-0.3, -0.25) is 0 Å². The number of alkyl halides is 2. The zero-order chi connectivity index (χ0) is 10.9. The van der Waals surface area contributed by atoms with Crippen molar-refractivity contribution in [2.45, 2.75) is 25.8 Å². The molecule has 0 aliphatic carbocycles. The normalized spacial score (nSPS) is 14.1. The van der Waals surface area contributed by atoms with E-state index in [9.17, 15) is 8.78 Å². The molecule has 0 aliphatic rings. The second-order valence-corrected chi connectivity index (χ2v) is 3.85. The lowest BCUT2D eigenvalue weighted by molar-refractivity contribution is -0.00618. The van der Waals surface area contributed by atoms with Gasteiger partial charge < -0.3 is 5.73 Å². The standard InChI is InChI=1S/C10H12ClF2N/c1-6-3-4-7(5-8(6)11)9(14)10(2,12)13/h3-5,9H,14H2,1-2H3. The Morgan fingerprint density at radius 3 is 2.43 bits per heavy atom. The number of hydrogen-bond donors (Lipinski definition) is 1. The topological polar surface area (TPSA) is 26.0 Å². The minimum absolute atomic E-state index is 0.355. The fourth-order valence-corrected chi connectivity index (χ4v) is 1.28. The molecule has 0 radical (unpaired) electrons. The molecule has 0 aromatic heterocycles. The third-order valence-electron chi connectivity index (χ3n) is 2.10. The van der Waals surface area contributed by atoms with E-state index in [1.54, 1.807) is 12.1 Å². The summed E-state index contributed by atoms with van der Waals surface area (Å²) in [6.45, 7) is 2.60. The molecule has 78 valence electrons. The van der Waals surface area contributed by atoms with E-state index in [-0.39, 0.29) is 0 Å². The lowest BCUT2D eigenvalue weighted by Crippen LogP contribution is -2.29. The first-order valence-electron chi connectivity index (χ1n) is 4.22. The number of hydrogen-bond acceptors (Lipinski definition) is 1. The maximum atomic E-state index is 12.9. The van der Waals surface area contributed by atoms with E-state index >= 15 is 0 Å². The molecule has 0 saturated carbocycles. The number of rotatable bonds is 2. The van der Waals surface area contributed by atoms with Gasteiger partial charge in [-0.1, -0.05) is 23.7 Å². The number of benzene rings is 1. The van der Waals surface area contributed by atoms with E-state index in [2.05, 4.69) is 0 Å². The van der Waals surface area contributed by atoms with Gasteiger partial charge in [0, 0.05) is 11.9 Å². The highest BCUT2D eigenvalue weighted by molar-refractivity contribution is 6.31. The molecule has 1 nitrogen and oxygen atoms in total. The summed E-state index contributed by atoms with van der Waals surface area (Å²) < 4.78 is 25.7. The Morgan fingerprint density at radius 2 is 2.00 bits per heavy atom. The second-order valence-electron chi connectivity index (χ2n) is 3.44. The molecule has 1 aromatic carbocycles.